The Morgan fingerprint density at radius 3 is 2.48 bits per heavy atom. The summed E-state index contributed by atoms with van der Waals surface area (Å²) in [6.07, 6.45) is 4.72. The Kier molecular flexibility index (Phi) is 4.77. The van der Waals surface area contributed by atoms with Crippen LogP contribution in [0.4, 0.5) is 0 Å². The summed E-state index contributed by atoms with van der Waals surface area (Å²) in [5.74, 6) is -0.00496. The summed E-state index contributed by atoms with van der Waals surface area (Å²) in [5.41, 5.74) is 11.5. The van der Waals surface area contributed by atoms with Gasteiger partial charge >= 0.3 is 0 Å². The Balaban J connectivity index is 1.63. The van der Waals surface area contributed by atoms with Crippen molar-refractivity contribution in [2.45, 2.75) is 45.2 Å². The Morgan fingerprint density at radius 1 is 1.09 bits per heavy atom. The minimum Gasteiger partial charge on any atom is -0.348 e. The molecule has 23 heavy (non-hydrogen) atoms. The van der Waals surface area contributed by atoms with Gasteiger partial charge in [0, 0.05) is 18.2 Å². The molecule has 0 aromatic heterocycles. The Labute approximate surface area is 137 Å². The third kappa shape index (κ3) is 3.80. The fraction of sp³-hybridized carbons (Fsp3) is 0.350. The molecule has 1 unspecified atom stereocenters. The molecular formula is C20H24N2O. The lowest BCUT2D eigenvalue weighted by Gasteiger charge is -2.16. The molecule has 0 saturated carbocycles. The number of hydrogen-bond acceptors (Lipinski definition) is 2. The maximum absolute atomic E-state index is 12.3. The van der Waals surface area contributed by atoms with Crippen LogP contribution < -0.4 is 11.1 Å². The number of carbonyl (C=O) groups is 1. The Bertz CT molecular complexity index is 689. The van der Waals surface area contributed by atoms with Crippen LogP contribution in [0.2, 0.25) is 0 Å². The molecule has 1 aliphatic carbocycles. The molecule has 1 amide bonds. The molecule has 3 nitrogen and oxygen atoms in total. The maximum atomic E-state index is 12.3. The molecule has 1 aliphatic rings. The van der Waals surface area contributed by atoms with Gasteiger partial charge in [-0.1, -0.05) is 30.3 Å². The average Bonchev–Trinajstić information content (AvgIpc) is 2.59. The molecule has 0 bridgehead atoms. The fourth-order valence-electron chi connectivity index (χ4n) is 3.10. The first-order valence-corrected chi connectivity index (χ1v) is 8.38. The van der Waals surface area contributed by atoms with Gasteiger partial charge in [0.25, 0.3) is 5.91 Å². The van der Waals surface area contributed by atoms with Gasteiger partial charge in [-0.05, 0) is 67.0 Å². The quantitative estimate of drug-likeness (QED) is 0.908. The van der Waals surface area contributed by atoms with Gasteiger partial charge in [0.15, 0.2) is 0 Å². The second kappa shape index (κ2) is 6.97. The summed E-state index contributed by atoms with van der Waals surface area (Å²) in [6, 6.07) is 14.2. The Hall–Kier alpha value is -2.13. The number of carbonyl (C=O) groups excluding carboxylic acids is 1. The largest absolute Gasteiger partial charge is 0.348 e. The van der Waals surface area contributed by atoms with E-state index in [1.807, 2.05) is 37.3 Å². The average molecular weight is 308 g/mol. The van der Waals surface area contributed by atoms with Gasteiger partial charge in [-0.2, -0.15) is 0 Å². The van der Waals surface area contributed by atoms with Crippen LogP contribution in [0.1, 0.15) is 58.4 Å². The highest BCUT2D eigenvalue weighted by atomic mass is 16.1. The van der Waals surface area contributed by atoms with Crippen molar-refractivity contribution in [2.75, 3.05) is 0 Å². The molecule has 3 N–H and O–H groups in total. The molecule has 120 valence electrons. The highest BCUT2D eigenvalue weighted by molar-refractivity contribution is 5.94. The lowest BCUT2D eigenvalue weighted by molar-refractivity contribution is 0.0951. The van der Waals surface area contributed by atoms with E-state index in [1.165, 1.54) is 24.0 Å². The number of amides is 1. The molecule has 0 heterocycles. The van der Waals surface area contributed by atoms with Crippen molar-refractivity contribution < 1.29 is 4.79 Å². The van der Waals surface area contributed by atoms with Crippen LogP contribution in [0.3, 0.4) is 0 Å². The molecule has 3 rings (SSSR count). The van der Waals surface area contributed by atoms with Crippen LogP contribution in [0.25, 0.3) is 0 Å². The van der Waals surface area contributed by atoms with Gasteiger partial charge in [-0.25, -0.2) is 0 Å². The van der Waals surface area contributed by atoms with E-state index in [1.54, 1.807) is 0 Å². The van der Waals surface area contributed by atoms with Gasteiger partial charge in [0.1, 0.15) is 0 Å². The first kappa shape index (κ1) is 15.8. The standard InChI is InChI=1S/C20H24N2O/c1-14(21)16-8-6-15(7-9-16)13-22-20(23)19-11-10-17-4-2-3-5-18(17)12-19/h6-12,14H,2-5,13,21H2,1H3,(H,22,23). The molecule has 0 radical (unpaired) electrons. The monoisotopic (exact) mass is 308 g/mol. The lowest BCUT2D eigenvalue weighted by Crippen LogP contribution is -2.23. The number of fused-ring (bicyclic) bond motifs is 1. The minimum atomic E-state index is -0.00496. The normalized spacial score (nSPS) is 14.9. The van der Waals surface area contributed by atoms with E-state index in [0.717, 1.165) is 29.5 Å². The topological polar surface area (TPSA) is 55.1 Å². The van der Waals surface area contributed by atoms with E-state index in [-0.39, 0.29) is 11.9 Å². The van der Waals surface area contributed by atoms with Crippen LogP contribution in [-0.4, -0.2) is 5.91 Å². The van der Waals surface area contributed by atoms with Gasteiger partial charge < -0.3 is 11.1 Å². The van der Waals surface area contributed by atoms with E-state index in [2.05, 4.69) is 17.4 Å². The molecule has 2 aromatic rings. The minimum absolute atomic E-state index is 0.00496. The summed E-state index contributed by atoms with van der Waals surface area (Å²) in [7, 11) is 0. The zero-order valence-electron chi connectivity index (χ0n) is 13.6. The molecule has 0 spiro atoms. The van der Waals surface area contributed by atoms with Crippen molar-refractivity contribution >= 4 is 5.91 Å². The van der Waals surface area contributed by atoms with E-state index in [4.69, 9.17) is 5.73 Å². The zero-order valence-corrected chi connectivity index (χ0v) is 13.6. The fourth-order valence-corrected chi connectivity index (χ4v) is 3.10. The van der Waals surface area contributed by atoms with Crippen molar-refractivity contribution in [3.8, 4) is 0 Å². The van der Waals surface area contributed by atoms with Gasteiger partial charge in [-0.15, -0.1) is 0 Å². The number of benzene rings is 2. The number of rotatable bonds is 4. The third-order valence-electron chi connectivity index (χ3n) is 4.57. The van der Waals surface area contributed by atoms with Crippen molar-refractivity contribution in [1.82, 2.24) is 5.32 Å². The molecule has 0 fully saturated rings. The maximum Gasteiger partial charge on any atom is 0.251 e. The summed E-state index contributed by atoms with van der Waals surface area (Å²) in [6.45, 7) is 2.50. The summed E-state index contributed by atoms with van der Waals surface area (Å²) < 4.78 is 0. The summed E-state index contributed by atoms with van der Waals surface area (Å²) in [4.78, 5) is 12.3. The van der Waals surface area contributed by atoms with Crippen molar-refractivity contribution in [2.24, 2.45) is 5.73 Å². The predicted molar refractivity (Wildman–Crippen MR) is 93.3 cm³/mol. The van der Waals surface area contributed by atoms with Crippen molar-refractivity contribution in [3.63, 3.8) is 0 Å². The van der Waals surface area contributed by atoms with Gasteiger partial charge in [0.05, 0.1) is 0 Å². The van der Waals surface area contributed by atoms with Crippen LogP contribution in [0, 0.1) is 0 Å². The lowest BCUT2D eigenvalue weighted by atomic mass is 9.90. The highest BCUT2D eigenvalue weighted by Gasteiger charge is 2.12. The van der Waals surface area contributed by atoms with Gasteiger partial charge in [-0.3, -0.25) is 4.79 Å². The summed E-state index contributed by atoms with van der Waals surface area (Å²) >= 11 is 0. The number of nitrogens with two attached hydrogens (primary N) is 1. The molecule has 2 aromatic carbocycles. The van der Waals surface area contributed by atoms with Crippen LogP contribution >= 0.6 is 0 Å². The molecular weight excluding hydrogens is 284 g/mol. The van der Waals surface area contributed by atoms with E-state index in [9.17, 15) is 4.79 Å². The van der Waals surface area contributed by atoms with E-state index >= 15 is 0 Å². The van der Waals surface area contributed by atoms with Crippen LogP contribution in [0.15, 0.2) is 42.5 Å². The van der Waals surface area contributed by atoms with Crippen LogP contribution in [0.5, 0.6) is 0 Å². The molecule has 0 saturated heterocycles. The molecule has 0 aliphatic heterocycles. The zero-order chi connectivity index (χ0) is 16.2. The SMILES string of the molecule is CC(N)c1ccc(CNC(=O)c2ccc3c(c2)CCCC3)cc1. The van der Waals surface area contributed by atoms with Gasteiger partial charge in [0.2, 0.25) is 0 Å². The third-order valence-corrected chi connectivity index (χ3v) is 4.57. The first-order chi connectivity index (χ1) is 11.1. The number of nitrogens with one attached hydrogen (secondary N) is 1. The number of aryl methyl sites for hydroxylation is 2. The first-order valence-electron chi connectivity index (χ1n) is 8.38. The van der Waals surface area contributed by atoms with Crippen molar-refractivity contribution in [3.05, 3.63) is 70.3 Å². The Morgan fingerprint density at radius 2 is 1.78 bits per heavy atom. The second-order valence-electron chi connectivity index (χ2n) is 6.40. The summed E-state index contributed by atoms with van der Waals surface area (Å²) in [5, 5.41) is 3.00. The smallest absolute Gasteiger partial charge is 0.251 e. The predicted octanol–water partition coefficient (Wildman–Crippen LogP) is 3.52. The van der Waals surface area contributed by atoms with E-state index < -0.39 is 0 Å². The molecule has 3 heteroatoms. The molecule has 1 atom stereocenters. The van der Waals surface area contributed by atoms with E-state index in [0.29, 0.717) is 6.54 Å². The van der Waals surface area contributed by atoms with Crippen LogP contribution in [-0.2, 0) is 19.4 Å². The highest BCUT2D eigenvalue weighted by Crippen LogP contribution is 2.22. The number of hydrogen-bond donors (Lipinski definition) is 2. The van der Waals surface area contributed by atoms with Crippen molar-refractivity contribution in [1.29, 1.82) is 0 Å². The second-order valence-corrected chi connectivity index (χ2v) is 6.40.